The van der Waals surface area contributed by atoms with Gasteiger partial charge >= 0.3 is 6.09 Å². The normalized spacial score (nSPS) is 13.4. The van der Waals surface area contributed by atoms with Crippen LogP contribution in [0.1, 0.15) is 5.89 Å². The molecule has 1 aromatic heterocycles. The number of non-ortho nitro benzene ring substituents is 1. The van der Waals surface area contributed by atoms with Crippen LogP contribution < -0.4 is 10.2 Å². The van der Waals surface area contributed by atoms with Gasteiger partial charge in [-0.25, -0.2) is 4.79 Å². The molecule has 0 saturated carbocycles. The molecule has 3 aromatic rings. The van der Waals surface area contributed by atoms with Crippen molar-refractivity contribution in [3.8, 4) is 11.4 Å². The van der Waals surface area contributed by atoms with Gasteiger partial charge in [0.1, 0.15) is 6.61 Å². The van der Waals surface area contributed by atoms with Crippen molar-refractivity contribution in [2.45, 2.75) is 6.42 Å². The lowest BCUT2D eigenvalue weighted by atomic mass is 10.2. The fourth-order valence-electron chi connectivity index (χ4n) is 3.00. The second-order valence-corrected chi connectivity index (χ2v) is 6.86. The number of cyclic esters (lactones) is 1. The molecule has 4 rings (SSSR count). The van der Waals surface area contributed by atoms with E-state index in [9.17, 15) is 14.9 Å². The number of halogens is 1. The Balaban J connectivity index is 1.45. The standard InChI is InChI=1S/C19H16ClN5O5/c20-13-3-1-12(2-4-13)18-22-17(30-23-18)7-8-21-15-6-5-14(25(27)28)11-16(15)24-9-10-29-19(24)26/h1-6,11,21H,7-10H2. The summed E-state index contributed by atoms with van der Waals surface area (Å²) in [7, 11) is 0. The van der Waals surface area contributed by atoms with Gasteiger partial charge in [0.2, 0.25) is 11.7 Å². The maximum atomic E-state index is 11.9. The third-order valence-electron chi connectivity index (χ3n) is 4.47. The highest BCUT2D eigenvalue weighted by molar-refractivity contribution is 6.30. The summed E-state index contributed by atoms with van der Waals surface area (Å²) in [6, 6.07) is 11.4. The first-order valence-corrected chi connectivity index (χ1v) is 9.44. The first-order valence-electron chi connectivity index (χ1n) is 9.06. The maximum Gasteiger partial charge on any atom is 0.414 e. The third kappa shape index (κ3) is 4.18. The minimum Gasteiger partial charge on any atom is -0.447 e. The summed E-state index contributed by atoms with van der Waals surface area (Å²) in [6.45, 7) is 0.967. The number of nitro groups is 1. The Morgan fingerprint density at radius 1 is 1.23 bits per heavy atom. The van der Waals surface area contributed by atoms with Gasteiger partial charge in [0.15, 0.2) is 0 Å². The molecule has 0 bridgehead atoms. The van der Waals surface area contributed by atoms with Gasteiger partial charge in [-0.1, -0.05) is 16.8 Å². The average molecular weight is 430 g/mol. The van der Waals surface area contributed by atoms with E-state index in [1.807, 2.05) is 0 Å². The number of nitrogens with one attached hydrogen (secondary N) is 1. The average Bonchev–Trinajstić information content (AvgIpc) is 3.38. The predicted octanol–water partition coefficient (Wildman–Crippen LogP) is 3.91. The molecule has 0 radical (unpaired) electrons. The van der Waals surface area contributed by atoms with Crippen molar-refractivity contribution in [1.29, 1.82) is 0 Å². The van der Waals surface area contributed by atoms with Crippen molar-refractivity contribution >= 4 is 34.8 Å². The van der Waals surface area contributed by atoms with E-state index in [-0.39, 0.29) is 12.3 Å². The molecule has 2 aromatic carbocycles. The first-order chi connectivity index (χ1) is 14.5. The largest absolute Gasteiger partial charge is 0.447 e. The van der Waals surface area contributed by atoms with Crippen molar-refractivity contribution in [2.75, 3.05) is 29.9 Å². The van der Waals surface area contributed by atoms with Gasteiger partial charge in [-0.2, -0.15) is 4.98 Å². The van der Waals surface area contributed by atoms with Crippen LogP contribution in [0.5, 0.6) is 0 Å². The van der Waals surface area contributed by atoms with Crippen LogP contribution in [0.25, 0.3) is 11.4 Å². The summed E-state index contributed by atoms with van der Waals surface area (Å²) >= 11 is 5.88. The van der Waals surface area contributed by atoms with Crippen molar-refractivity contribution < 1.29 is 19.0 Å². The molecule has 1 amide bonds. The molecule has 0 aliphatic carbocycles. The number of nitrogens with zero attached hydrogens (tertiary/aromatic N) is 4. The van der Waals surface area contributed by atoms with Gasteiger partial charge in [0.25, 0.3) is 5.69 Å². The number of hydrogen-bond acceptors (Lipinski definition) is 8. The minimum atomic E-state index is -0.539. The second kappa shape index (κ2) is 8.37. The van der Waals surface area contributed by atoms with Crippen molar-refractivity contribution in [3.05, 3.63) is 63.5 Å². The van der Waals surface area contributed by atoms with Crippen LogP contribution in [0.4, 0.5) is 21.9 Å². The van der Waals surface area contributed by atoms with Crippen molar-refractivity contribution in [3.63, 3.8) is 0 Å². The van der Waals surface area contributed by atoms with Crippen LogP contribution in [0.15, 0.2) is 47.0 Å². The van der Waals surface area contributed by atoms with Crippen LogP contribution in [0.3, 0.4) is 0 Å². The fourth-order valence-corrected chi connectivity index (χ4v) is 3.12. The number of carbonyl (C=O) groups is 1. The molecule has 1 aliphatic rings. The molecule has 2 heterocycles. The maximum absolute atomic E-state index is 11.9. The molecular weight excluding hydrogens is 414 g/mol. The number of carbonyl (C=O) groups excluding carboxylic acids is 1. The van der Waals surface area contributed by atoms with Crippen molar-refractivity contribution in [2.24, 2.45) is 0 Å². The van der Waals surface area contributed by atoms with Crippen LogP contribution in [0.2, 0.25) is 5.02 Å². The Labute approximate surface area is 175 Å². The first kappa shape index (κ1) is 19.6. The third-order valence-corrected chi connectivity index (χ3v) is 4.72. The number of anilines is 2. The molecule has 154 valence electrons. The molecule has 1 saturated heterocycles. The summed E-state index contributed by atoms with van der Waals surface area (Å²) in [5.74, 6) is 0.883. The number of benzene rings is 2. The summed E-state index contributed by atoms with van der Waals surface area (Å²) in [6.07, 6.45) is -0.121. The molecule has 10 nitrogen and oxygen atoms in total. The zero-order valence-corrected chi connectivity index (χ0v) is 16.3. The SMILES string of the molecule is O=C1OCCN1c1cc([N+](=O)[O-])ccc1NCCc1nc(-c2ccc(Cl)cc2)no1. The van der Waals surface area contributed by atoms with Gasteiger partial charge in [0, 0.05) is 35.7 Å². The zero-order valence-electron chi connectivity index (χ0n) is 15.6. The molecule has 30 heavy (non-hydrogen) atoms. The number of nitro benzene ring substituents is 1. The summed E-state index contributed by atoms with van der Waals surface area (Å²) in [4.78, 5) is 28.2. The summed E-state index contributed by atoms with van der Waals surface area (Å²) < 4.78 is 10.2. The lowest BCUT2D eigenvalue weighted by Gasteiger charge is -2.18. The van der Waals surface area contributed by atoms with Crippen molar-refractivity contribution in [1.82, 2.24) is 10.1 Å². The Kier molecular flexibility index (Phi) is 5.48. The highest BCUT2D eigenvalue weighted by Gasteiger charge is 2.27. The number of rotatable bonds is 7. The summed E-state index contributed by atoms with van der Waals surface area (Å²) in [5.41, 5.74) is 1.63. The monoisotopic (exact) mass is 429 g/mol. The Morgan fingerprint density at radius 2 is 2.03 bits per heavy atom. The Hall–Kier alpha value is -3.66. The van der Waals surface area contributed by atoms with E-state index in [2.05, 4.69) is 15.5 Å². The van der Waals surface area contributed by atoms with E-state index in [1.165, 1.54) is 17.0 Å². The molecule has 0 spiro atoms. The Morgan fingerprint density at radius 3 is 2.73 bits per heavy atom. The lowest BCUT2D eigenvalue weighted by Crippen LogP contribution is -2.24. The molecular formula is C19H16ClN5O5. The Bertz CT molecular complexity index is 1090. The number of ether oxygens (including phenoxy) is 1. The van der Waals surface area contributed by atoms with Crippen LogP contribution in [0, 0.1) is 10.1 Å². The van der Waals surface area contributed by atoms with Gasteiger partial charge in [-0.05, 0) is 30.3 Å². The van der Waals surface area contributed by atoms with Crippen LogP contribution >= 0.6 is 11.6 Å². The van der Waals surface area contributed by atoms with E-state index in [0.29, 0.717) is 47.6 Å². The minimum absolute atomic E-state index is 0.111. The fraction of sp³-hybridized carbons (Fsp3) is 0.211. The highest BCUT2D eigenvalue weighted by atomic mass is 35.5. The van der Waals surface area contributed by atoms with E-state index < -0.39 is 11.0 Å². The van der Waals surface area contributed by atoms with E-state index in [4.69, 9.17) is 20.9 Å². The molecule has 11 heteroatoms. The zero-order chi connectivity index (χ0) is 21.1. The van der Waals surface area contributed by atoms with Gasteiger partial charge in [0.05, 0.1) is 22.8 Å². The number of aromatic nitrogens is 2. The smallest absolute Gasteiger partial charge is 0.414 e. The summed E-state index contributed by atoms with van der Waals surface area (Å²) in [5, 5.41) is 18.9. The molecule has 1 fully saturated rings. The lowest BCUT2D eigenvalue weighted by molar-refractivity contribution is -0.384. The van der Waals surface area contributed by atoms with E-state index in [0.717, 1.165) is 5.56 Å². The molecule has 1 aliphatic heterocycles. The van der Waals surface area contributed by atoms with E-state index in [1.54, 1.807) is 30.3 Å². The molecule has 0 unspecified atom stereocenters. The molecule has 0 atom stereocenters. The van der Waals surface area contributed by atoms with Crippen LogP contribution in [-0.4, -0.2) is 40.9 Å². The highest BCUT2D eigenvalue weighted by Crippen LogP contribution is 2.32. The number of hydrogen-bond donors (Lipinski definition) is 1. The van der Waals surface area contributed by atoms with E-state index >= 15 is 0 Å². The van der Waals surface area contributed by atoms with Gasteiger partial charge < -0.3 is 14.6 Å². The molecule has 1 N–H and O–H groups in total. The topological polar surface area (TPSA) is 124 Å². The van der Waals surface area contributed by atoms with Gasteiger partial charge in [-0.3, -0.25) is 15.0 Å². The predicted molar refractivity (Wildman–Crippen MR) is 109 cm³/mol. The van der Waals surface area contributed by atoms with Gasteiger partial charge in [-0.15, -0.1) is 0 Å². The quantitative estimate of drug-likeness (QED) is 0.442. The van der Waals surface area contributed by atoms with Crippen LogP contribution in [-0.2, 0) is 11.2 Å². The number of amides is 1. The second-order valence-electron chi connectivity index (χ2n) is 6.42.